The predicted octanol–water partition coefficient (Wildman–Crippen LogP) is 1.60. The Bertz CT molecular complexity index is 870. The number of hydrogen-bond acceptors (Lipinski definition) is 5. The molecular weight excluding hydrogens is 356 g/mol. The zero-order valence-corrected chi connectivity index (χ0v) is 16.4. The monoisotopic (exact) mass is 382 g/mol. The number of amides is 2. The molecule has 1 atom stereocenters. The van der Waals surface area contributed by atoms with E-state index in [0.717, 1.165) is 35.7 Å². The van der Waals surface area contributed by atoms with Crippen molar-refractivity contribution < 1.29 is 14.1 Å². The van der Waals surface area contributed by atoms with Crippen LogP contribution < -0.4 is 0 Å². The minimum absolute atomic E-state index is 0.0489. The van der Waals surface area contributed by atoms with Crippen LogP contribution in [-0.4, -0.2) is 63.9 Å². The molecule has 2 aromatic rings. The highest BCUT2D eigenvalue weighted by Gasteiger charge is 2.36. The van der Waals surface area contributed by atoms with Gasteiger partial charge in [0.25, 0.3) is 0 Å². The SMILES string of the molecule is CC(=O)N1Cc2ccccc2CC1C(=O)N1CCN(Cc2cc(C)no2)CC1. The summed E-state index contributed by atoms with van der Waals surface area (Å²) in [6.45, 7) is 7.57. The van der Waals surface area contributed by atoms with Crippen LogP contribution in [0.5, 0.6) is 0 Å². The first kappa shape index (κ1) is 18.7. The highest BCUT2D eigenvalue weighted by molar-refractivity contribution is 5.88. The topological polar surface area (TPSA) is 69.9 Å². The Balaban J connectivity index is 1.40. The third-order valence-electron chi connectivity index (χ3n) is 5.68. The van der Waals surface area contributed by atoms with Gasteiger partial charge in [-0.15, -0.1) is 0 Å². The van der Waals surface area contributed by atoms with E-state index in [-0.39, 0.29) is 11.8 Å². The molecular formula is C21H26N4O3. The van der Waals surface area contributed by atoms with Crippen LogP contribution in [0.2, 0.25) is 0 Å². The summed E-state index contributed by atoms with van der Waals surface area (Å²) in [4.78, 5) is 31.3. The second-order valence-corrected chi connectivity index (χ2v) is 7.67. The number of aryl methyl sites for hydroxylation is 1. The van der Waals surface area contributed by atoms with Crippen LogP contribution in [0, 0.1) is 6.92 Å². The Hall–Kier alpha value is -2.67. The van der Waals surface area contributed by atoms with Gasteiger partial charge in [0.15, 0.2) is 5.76 Å². The average molecular weight is 382 g/mol. The van der Waals surface area contributed by atoms with Crippen molar-refractivity contribution in [1.29, 1.82) is 0 Å². The largest absolute Gasteiger partial charge is 0.360 e. The molecule has 3 heterocycles. The van der Waals surface area contributed by atoms with Crippen molar-refractivity contribution in [3.8, 4) is 0 Å². The van der Waals surface area contributed by atoms with Crippen molar-refractivity contribution in [3.63, 3.8) is 0 Å². The molecule has 7 heteroatoms. The van der Waals surface area contributed by atoms with Crippen molar-refractivity contribution in [2.75, 3.05) is 26.2 Å². The molecule has 0 spiro atoms. The van der Waals surface area contributed by atoms with Crippen molar-refractivity contribution in [2.45, 2.75) is 39.4 Å². The first-order valence-electron chi connectivity index (χ1n) is 9.78. The summed E-state index contributed by atoms with van der Waals surface area (Å²) in [7, 11) is 0. The summed E-state index contributed by atoms with van der Waals surface area (Å²) in [5, 5.41) is 3.93. The highest BCUT2D eigenvalue weighted by Crippen LogP contribution is 2.25. The maximum absolute atomic E-state index is 13.2. The maximum atomic E-state index is 13.2. The lowest BCUT2D eigenvalue weighted by Gasteiger charge is -2.41. The van der Waals surface area contributed by atoms with Gasteiger partial charge in [0, 0.05) is 52.1 Å². The Kier molecular flexibility index (Phi) is 5.17. The molecule has 0 radical (unpaired) electrons. The van der Waals surface area contributed by atoms with Gasteiger partial charge in [-0.25, -0.2) is 0 Å². The quantitative estimate of drug-likeness (QED) is 0.807. The molecule has 1 aromatic heterocycles. The average Bonchev–Trinajstić information content (AvgIpc) is 3.11. The van der Waals surface area contributed by atoms with Gasteiger partial charge in [-0.3, -0.25) is 14.5 Å². The molecule has 0 N–H and O–H groups in total. The molecule has 1 fully saturated rings. The third kappa shape index (κ3) is 3.80. The molecule has 0 saturated carbocycles. The second kappa shape index (κ2) is 7.75. The maximum Gasteiger partial charge on any atom is 0.245 e. The summed E-state index contributed by atoms with van der Waals surface area (Å²) >= 11 is 0. The standard InChI is InChI=1S/C21H26N4O3/c1-15-11-19(28-22-15)14-23-7-9-24(10-8-23)21(27)20-12-17-5-3-4-6-18(17)13-25(20)16(2)26/h3-6,11,20H,7-10,12-14H2,1-2H3. The van der Waals surface area contributed by atoms with Gasteiger partial charge in [0.2, 0.25) is 11.8 Å². The molecule has 0 bridgehead atoms. The Morgan fingerprint density at radius 1 is 1.14 bits per heavy atom. The fourth-order valence-corrected chi connectivity index (χ4v) is 4.12. The van der Waals surface area contributed by atoms with E-state index in [0.29, 0.717) is 32.6 Å². The molecule has 28 heavy (non-hydrogen) atoms. The van der Waals surface area contributed by atoms with Gasteiger partial charge in [-0.05, 0) is 18.1 Å². The zero-order valence-electron chi connectivity index (χ0n) is 16.4. The molecule has 0 aliphatic carbocycles. The summed E-state index contributed by atoms with van der Waals surface area (Å²) in [5.41, 5.74) is 3.18. The lowest BCUT2D eigenvalue weighted by Crippen LogP contribution is -2.57. The van der Waals surface area contributed by atoms with Crippen LogP contribution in [0.3, 0.4) is 0 Å². The number of nitrogens with zero attached hydrogens (tertiary/aromatic N) is 4. The first-order chi connectivity index (χ1) is 13.5. The van der Waals surface area contributed by atoms with Crippen molar-refractivity contribution >= 4 is 11.8 Å². The van der Waals surface area contributed by atoms with Crippen LogP contribution in [-0.2, 0) is 29.1 Å². The Labute approximate surface area is 164 Å². The van der Waals surface area contributed by atoms with Gasteiger partial charge in [0.05, 0.1) is 12.2 Å². The third-order valence-corrected chi connectivity index (χ3v) is 5.68. The van der Waals surface area contributed by atoms with E-state index in [4.69, 9.17) is 4.52 Å². The normalized spacial score (nSPS) is 20.1. The summed E-state index contributed by atoms with van der Waals surface area (Å²) in [6.07, 6.45) is 0.589. The predicted molar refractivity (Wildman–Crippen MR) is 103 cm³/mol. The molecule has 1 unspecified atom stereocenters. The van der Waals surface area contributed by atoms with Gasteiger partial charge in [-0.1, -0.05) is 29.4 Å². The van der Waals surface area contributed by atoms with Crippen LogP contribution >= 0.6 is 0 Å². The fraction of sp³-hybridized carbons (Fsp3) is 0.476. The van der Waals surface area contributed by atoms with E-state index in [1.54, 1.807) is 11.8 Å². The van der Waals surface area contributed by atoms with E-state index in [1.165, 1.54) is 0 Å². The van der Waals surface area contributed by atoms with Gasteiger partial charge >= 0.3 is 0 Å². The number of hydrogen-bond donors (Lipinski definition) is 0. The van der Waals surface area contributed by atoms with Crippen molar-refractivity contribution in [2.24, 2.45) is 0 Å². The summed E-state index contributed by atoms with van der Waals surface area (Å²) in [6, 6.07) is 9.61. The number of piperazine rings is 1. The van der Waals surface area contributed by atoms with E-state index in [2.05, 4.69) is 16.1 Å². The number of carbonyl (C=O) groups excluding carboxylic acids is 2. The molecule has 7 nitrogen and oxygen atoms in total. The van der Waals surface area contributed by atoms with Crippen LogP contribution in [0.25, 0.3) is 0 Å². The van der Waals surface area contributed by atoms with Crippen LogP contribution in [0.15, 0.2) is 34.9 Å². The minimum Gasteiger partial charge on any atom is -0.360 e. The second-order valence-electron chi connectivity index (χ2n) is 7.67. The first-order valence-corrected chi connectivity index (χ1v) is 9.78. The van der Waals surface area contributed by atoms with Crippen molar-refractivity contribution in [3.05, 3.63) is 52.9 Å². The molecule has 2 aliphatic rings. The number of fused-ring (bicyclic) bond motifs is 1. The Morgan fingerprint density at radius 2 is 1.86 bits per heavy atom. The number of rotatable bonds is 3. The smallest absolute Gasteiger partial charge is 0.245 e. The van der Waals surface area contributed by atoms with Crippen molar-refractivity contribution in [1.82, 2.24) is 19.9 Å². The molecule has 4 rings (SSSR count). The molecule has 1 aromatic carbocycles. The number of aromatic nitrogens is 1. The Morgan fingerprint density at radius 3 is 2.50 bits per heavy atom. The van der Waals surface area contributed by atoms with E-state index < -0.39 is 6.04 Å². The summed E-state index contributed by atoms with van der Waals surface area (Å²) in [5.74, 6) is 0.857. The number of carbonyl (C=O) groups is 2. The fourth-order valence-electron chi connectivity index (χ4n) is 4.12. The molecule has 2 aliphatic heterocycles. The van der Waals surface area contributed by atoms with Crippen LogP contribution in [0.4, 0.5) is 0 Å². The van der Waals surface area contributed by atoms with Crippen LogP contribution in [0.1, 0.15) is 29.5 Å². The highest BCUT2D eigenvalue weighted by atomic mass is 16.5. The van der Waals surface area contributed by atoms with E-state index >= 15 is 0 Å². The molecule has 1 saturated heterocycles. The minimum atomic E-state index is -0.407. The van der Waals surface area contributed by atoms with Gasteiger partial charge in [0.1, 0.15) is 6.04 Å². The zero-order chi connectivity index (χ0) is 19.7. The molecule has 148 valence electrons. The van der Waals surface area contributed by atoms with Gasteiger partial charge in [-0.2, -0.15) is 0 Å². The lowest BCUT2D eigenvalue weighted by atomic mass is 9.93. The lowest BCUT2D eigenvalue weighted by molar-refractivity contribution is -0.147. The molecule has 2 amide bonds. The van der Waals surface area contributed by atoms with E-state index in [1.807, 2.05) is 36.1 Å². The van der Waals surface area contributed by atoms with Gasteiger partial charge < -0.3 is 14.3 Å². The number of benzene rings is 1. The summed E-state index contributed by atoms with van der Waals surface area (Å²) < 4.78 is 5.29. The van der Waals surface area contributed by atoms with E-state index in [9.17, 15) is 9.59 Å².